The maximum Gasteiger partial charge on any atom is 0.407 e. The fraction of sp³-hybridized carbons (Fsp3) is 0.533. The predicted octanol–water partition coefficient (Wildman–Crippen LogP) is 2.43. The van der Waals surface area contributed by atoms with Crippen LogP contribution in [0.3, 0.4) is 0 Å². The largest absolute Gasteiger partial charge is 0.465 e. The van der Waals surface area contributed by atoms with Crippen molar-refractivity contribution in [1.29, 1.82) is 0 Å². The molecule has 2 heterocycles. The number of hydrogen-bond acceptors (Lipinski definition) is 2. The average molecular weight is 260 g/mol. The molecule has 3 atom stereocenters. The minimum absolute atomic E-state index is 0.366. The lowest BCUT2D eigenvalue weighted by atomic mass is 10.0. The van der Waals surface area contributed by atoms with Crippen LogP contribution < -0.4 is 0 Å². The average Bonchev–Trinajstić information content (AvgIpc) is 2.98. The molecule has 0 spiro atoms. The van der Waals surface area contributed by atoms with Crippen molar-refractivity contribution in [2.45, 2.75) is 25.4 Å². The highest BCUT2D eigenvalue weighted by Crippen LogP contribution is 2.36. The first-order chi connectivity index (χ1) is 9.16. The molecular weight excluding hydrogens is 240 g/mol. The second-order valence-corrected chi connectivity index (χ2v) is 5.63. The number of nitrogens with zero attached hydrogens (tertiary/aromatic N) is 2. The van der Waals surface area contributed by atoms with Crippen molar-refractivity contribution in [2.75, 3.05) is 19.6 Å². The van der Waals surface area contributed by atoms with Crippen molar-refractivity contribution >= 4 is 6.09 Å². The number of fused-ring (bicyclic) bond motifs is 1. The van der Waals surface area contributed by atoms with Crippen LogP contribution in [0.4, 0.5) is 4.79 Å². The van der Waals surface area contributed by atoms with Crippen LogP contribution in [-0.4, -0.2) is 46.7 Å². The third kappa shape index (κ3) is 2.21. The SMILES string of the molecule is CC(c1ccccc1)N1CC[C@@H]2CN(C(=O)O)C[C@@H]21. The van der Waals surface area contributed by atoms with E-state index >= 15 is 0 Å². The molecule has 2 aliphatic rings. The molecule has 0 bridgehead atoms. The molecule has 0 aliphatic carbocycles. The summed E-state index contributed by atoms with van der Waals surface area (Å²) in [6, 6.07) is 11.2. The molecule has 2 saturated heterocycles. The van der Waals surface area contributed by atoms with Gasteiger partial charge in [0.2, 0.25) is 0 Å². The minimum atomic E-state index is -0.776. The van der Waals surface area contributed by atoms with Crippen LogP contribution in [0.2, 0.25) is 0 Å². The van der Waals surface area contributed by atoms with Gasteiger partial charge in [0, 0.05) is 25.2 Å². The normalized spacial score (nSPS) is 28.4. The molecule has 1 aromatic carbocycles. The van der Waals surface area contributed by atoms with Crippen LogP contribution in [0.1, 0.15) is 24.9 Å². The molecule has 102 valence electrons. The van der Waals surface area contributed by atoms with Gasteiger partial charge in [-0.2, -0.15) is 0 Å². The second kappa shape index (κ2) is 4.85. The molecule has 2 aliphatic heterocycles. The summed E-state index contributed by atoms with van der Waals surface area (Å²) in [5.74, 6) is 0.516. The second-order valence-electron chi connectivity index (χ2n) is 5.63. The van der Waals surface area contributed by atoms with Gasteiger partial charge < -0.3 is 10.0 Å². The van der Waals surface area contributed by atoms with Gasteiger partial charge in [0.05, 0.1) is 0 Å². The Morgan fingerprint density at radius 2 is 2.05 bits per heavy atom. The van der Waals surface area contributed by atoms with Crippen LogP contribution >= 0.6 is 0 Å². The van der Waals surface area contributed by atoms with E-state index in [0.29, 0.717) is 31.1 Å². The number of hydrogen-bond donors (Lipinski definition) is 1. The Morgan fingerprint density at radius 3 is 2.74 bits per heavy atom. The first kappa shape index (κ1) is 12.5. The summed E-state index contributed by atoms with van der Waals surface area (Å²) >= 11 is 0. The first-order valence-electron chi connectivity index (χ1n) is 6.95. The first-order valence-corrected chi connectivity index (χ1v) is 6.95. The summed E-state index contributed by atoms with van der Waals surface area (Å²) in [7, 11) is 0. The predicted molar refractivity (Wildman–Crippen MR) is 73.1 cm³/mol. The molecule has 1 unspecified atom stereocenters. The van der Waals surface area contributed by atoms with E-state index in [1.54, 1.807) is 4.90 Å². The van der Waals surface area contributed by atoms with Crippen LogP contribution in [0.25, 0.3) is 0 Å². The Bertz CT molecular complexity index is 462. The van der Waals surface area contributed by atoms with Gasteiger partial charge in [-0.05, 0) is 31.4 Å². The topological polar surface area (TPSA) is 43.8 Å². The number of benzene rings is 1. The Balaban J connectivity index is 1.75. The third-order valence-corrected chi connectivity index (χ3v) is 4.64. The summed E-state index contributed by atoms with van der Waals surface area (Å²) in [5.41, 5.74) is 1.32. The Labute approximate surface area is 113 Å². The quantitative estimate of drug-likeness (QED) is 0.888. The fourth-order valence-corrected chi connectivity index (χ4v) is 3.55. The molecule has 4 heteroatoms. The molecule has 2 fully saturated rings. The lowest BCUT2D eigenvalue weighted by molar-refractivity contribution is 0.140. The molecular formula is C15H20N2O2. The van der Waals surface area contributed by atoms with Gasteiger partial charge in [-0.1, -0.05) is 30.3 Å². The van der Waals surface area contributed by atoms with Gasteiger partial charge in [-0.25, -0.2) is 4.79 Å². The van der Waals surface area contributed by atoms with Crippen molar-refractivity contribution in [1.82, 2.24) is 9.80 Å². The zero-order valence-corrected chi connectivity index (χ0v) is 11.2. The number of amides is 1. The summed E-state index contributed by atoms with van der Waals surface area (Å²) in [4.78, 5) is 15.1. The lowest BCUT2D eigenvalue weighted by Crippen LogP contribution is -2.38. The molecule has 1 N–H and O–H groups in total. The van der Waals surface area contributed by atoms with Crippen LogP contribution in [-0.2, 0) is 0 Å². The molecule has 4 nitrogen and oxygen atoms in total. The van der Waals surface area contributed by atoms with Gasteiger partial charge in [0.15, 0.2) is 0 Å². The molecule has 1 aromatic rings. The summed E-state index contributed by atoms with van der Waals surface area (Å²) < 4.78 is 0. The Kier molecular flexibility index (Phi) is 3.19. The van der Waals surface area contributed by atoms with Crippen molar-refractivity contribution in [3.05, 3.63) is 35.9 Å². The molecule has 3 rings (SSSR count). The number of carboxylic acid groups (broad SMARTS) is 1. The van der Waals surface area contributed by atoms with E-state index in [2.05, 4.69) is 36.1 Å². The van der Waals surface area contributed by atoms with E-state index in [1.807, 2.05) is 6.07 Å². The molecule has 0 aromatic heterocycles. The number of rotatable bonds is 2. The van der Waals surface area contributed by atoms with Crippen molar-refractivity contribution in [3.63, 3.8) is 0 Å². The Morgan fingerprint density at radius 1 is 1.32 bits per heavy atom. The van der Waals surface area contributed by atoms with E-state index in [-0.39, 0.29) is 0 Å². The molecule has 0 saturated carbocycles. The highest BCUT2D eigenvalue weighted by Gasteiger charge is 2.44. The summed E-state index contributed by atoms with van der Waals surface area (Å²) in [6.45, 7) is 4.68. The van der Waals surface area contributed by atoms with Crippen molar-refractivity contribution < 1.29 is 9.90 Å². The van der Waals surface area contributed by atoms with Crippen LogP contribution in [0.15, 0.2) is 30.3 Å². The van der Waals surface area contributed by atoms with E-state index in [9.17, 15) is 4.79 Å². The zero-order chi connectivity index (χ0) is 13.4. The third-order valence-electron chi connectivity index (χ3n) is 4.64. The van der Waals surface area contributed by atoms with E-state index in [0.717, 1.165) is 13.0 Å². The maximum atomic E-state index is 11.1. The van der Waals surface area contributed by atoms with Crippen LogP contribution in [0, 0.1) is 5.92 Å². The smallest absolute Gasteiger partial charge is 0.407 e. The van der Waals surface area contributed by atoms with E-state index in [4.69, 9.17) is 5.11 Å². The van der Waals surface area contributed by atoms with Gasteiger partial charge in [-0.15, -0.1) is 0 Å². The maximum absolute atomic E-state index is 11.1. The van der Waals surface area contributed by atoms with Gasteiger partial charge >= 0.3 is 6.09 Å². The van der Waals surface area contributed by atoms with Gasteiger partial charge in [-0.3, -0.25) is 4.90 Å². The van der Waals surface area contributed by atoms with E-state index in [1.165, 1.54) is 5.56 Å². The number of carbonyl (C=O) groups is 1. The zero-order valence-electron chi connectivity index (χ0n) is 11.2. The standard InChI is InChI=1S/C15H20N2O2/c1-11(12-5-3-2-4-6-12)17-8-7-13-9-16(15(18)19)10-14(13)17/h2-6,11,13-14H,7-10H2,1H3,(H,18,19)/t11?,13-,14+/m1/s1. The van der Waals surface area contributed by atoms with Gasteiger partial charge in [0.25, 0.3) is 0 Å². The van der Waals surface area contributed by atoms with E-state index < -0.39 is 6.09 Å². The summed E-state index contributed by atoms with van der Waals surface area (Å²) in [5, 5.41) is 9.12. The monoisotopic (exact) mass is 260 g/mol. The molecule has 1 amide bonds. The molecule has 19 heavy (non-hydrogen) atoms. The van der Waals surface area contributed by atoms with Crippen LogP contribution in [0.5, 0.6) is 0 Å². The Hall–Kier alpha value is -1.55. The van der Waals surface area contributed by atoms with Crippen molar-refractivity contribution in [2.24, 2.45) is 5.92 Å². The van der Waals surface area contributed by atoms with Gasteiger partial charge in [0.1, 0.15) is 0 Å². The fourth-order valence-electron chi connectivity index (χ4n) is 3.55. The highest BCUT2D eigenvalue weighted by molar-refractivity contribution is 5.65. The summed E-state index contributed by atoms with van der Waals surface area (Å²) in [6.07, 6.45) is 0.340. The highest BCUT2D eigenvalue weighted by atomic mass is 16.4. The number of likely N-dealkylation sites (tertiary alicyclic amines) is 2. The van der Waals surface area contributed by atoms with Crippen molar-refractivity contribution in [3.8, 4) is 0 Å². The lowest BCUT2D eigenvalue weighted by Gasteiger charge is -2.30. The molecule has 0 radical (unpaired) electrons. The minimum Gasteiger partial charge on any atom is -0.465 e.